The van der Waals surface area contributed by atoms with E-state index in [4.69, 9.17) is 9.47 Å². The molecule has 4 rings (SSSR count). The van der Waals surface area contributed by atoms with Gasteiger partial charge in [0.15, 0.2) is 6.04 Å². The molecule has 2 amide bonds. The van der Waals surface area contributed by atoms with Gasteiger partial charge in [-0.2, -0.15) is 0 Å². The van der Waals surface area contributed by atoms with Crippen LogP contribution in [0.15, 0.2) is 48.5 Å². The standard InChI is InChI=1S/C26H30N2O6/c1-3-26(2,24(31)28-12-13-33-15-22(28)23(29)30)16-27-25(32)34-14-21-19-10-6-4-8-17(19)18-9-5-7-11-20(18)21/h4-11,21-22H,3,12-16H2,1-2H3,(H,27,32)(H,29,30). The van der Waals surface area contributed by atoms with Gasteiger partial charge < -0.3 is 24.8 Å². The first-order chi connectivity index (χ1) is 16.4. The van der Waals surface area contributed by atoms with E-state index >= 15 is 0 Å². The van der Waals surface area contributed by atoms with Gasteiger partial charge in [0.1, 0.15) is 6.61 Å². The predicted octanol–water partition coefficient (Wildman–Crippen LogP) is 3.25. The van der Waals surface area contributed by atoms with Crippen molar-refractivity contribution >= 4 is 18.0 Å². The van der Waals surface area contributed by atoms with Crippen molar-refractivity contribution in [2.24, 2.45) is 5.41 Å². The van der Waals surface area contributed by atoms with E-state index in [1.165, 1.54) is 4.90 Å². The minimum Gasteiger partial charge on any atom is -0.480 e. The molecule has 2 unspecified atom stereocenters. The molecule has 180 valence electrons. The Kier molecular flexibility index (Phi) is 6.88. The molecular weight excluding hydrogens is 436 g/mol. The number of amides is 2. The monoisotopic (exact) mass is 466 g/mol. The second-order valence-corrected chi connectivity index (χ2v) is 9.02. The number of carboxylic acids is 1. The highest BCUT2D eigenvalue weighted by Gasteiger charge is 2.42. The van der Waals surface area contributed by atoms with Gasteiger partial charge >= 0.3 is 12.1 Å². The number of benzene rings is 2. The van der Waals surface area contributed by atoms with E-state index in [9.17, 15) is 19.5 Å². The molecule has 0 aromatic heterocycles. The van der Waals surface area contributed by atoms with Crippen molar-refractivity contribution in [2.75, 3.05) is 32.9 Å². The van der Waals surface area contributed by atoms with Crippen LogP contribution in [0, 0.1) is 5.41 Å². The molecule has 2 aromatic rings. The van der Waals surface area contributed by atoms with Crippen molar-refractivity contribution in [1.82, 2.24) is 10.2 Å². The number of nitrogens with one attached hydrogen (secondary N) is 1. The Labute approximate surface area is 198 Å². The number of alkyl carbamates (subject to hydrolysis) is 1. The van der Waals surface area contributed by atoms with Gasteiger partial charge in [-0.25, -0.2) is 9.59 Å². The van der Waals surface area contributed by atoms with E-state index < -0.39 is 23.5 Å². The van der Waals surface area contributed by atoms with Crippen LogP contribution in [0.2, 0.25) is 0 Å². The first kappa shape index (κ1) is 23.8. The third-order valence-electron chi connectivity index (χ3n) is 6.94. The van der Waals surface area contributed by atoms with E-state index in [0.717, 1.165) is 22.3 Å². The molecule has 0 radical (unpaired) electrons. The number of carboxylic acid groups (broad SMARTS) is 1. The van der Waals surface area contributed by atoms with Crippen LogP contribution in [0.3, 0.4) is 0 Å². The molecular formula is C26H30N2O6. The molecule has 34 heavy (non-hydrogen) atoms. The van der Waals surface area contributed by atoms with Crippen LogP contribution in [-0.4, -0.2) is 66.9 Å². The zero-order chi connectivity index (χ0) is 24.3. The average molecular weight is 467 g/mol. The van der Waals surface area contributed by atoms with Gasteiger partial charge in [-0.3, -0.25) is 4.79 Å². The van der Waals surface area contributed by atoms with Gasteiger partial charge in [0.2, 0.25) is 5.91 Å². The summed E-state index contributed by atoms with van der Waals surface area (Å²) >= 11 is 0. The summed E-state index contributed by atoms with van der Waals surface area (Å²) in [6.07, 6.45) is -0.176. The molecule has 2 aliphatic rings. The summed E-state index contributed by atoms with van der Waals surface area (Å²) in [5, 5.41) is 12.2. The zero-order valence-corrected chi connectivity index (χ0v) is 19.5. The van der Waals surface area contributed by atoms with Crippen LogP contribution in [0.25, 0.3) is 11.1 Å². The summed E-state index contributed by atoms with van der Waals surface area (Å²) in [7, 11) is 0. The lowest BCUT2D eigenvalue weighted by Gasteiger charge is -2.39. The van der Waals surface area contributed by atoms with Crippen molar-refractivity contribution in [2.45, 2.75) is 32.2 Å². The maximum absolute atomic E-state index is 13.2. The van der Waals surface area contributed by atoms with Crippen LogP contribution in [0.4, 0.5) is 4.79 Å². The normalized spacial score (nSPS) is 19.0. The summed E-state index contributed by atoms with van der Waals surface area (Å²) in [5.74, 6) is -1.47. The third-order valence-corrected chi connectivity index (χ3v) is 6.94. The maximum atomic E-state index is 13.2. The number of hydrogen-bond donors (Lipinski definition) is 2. The minimum absolute atomic E-state index is 0.0410. The highest BCUT2D eigenvalue weighted by molar-refractivity contribution is 5.88. The van der Waals surface area contributed by atoms with Gasteiger partial charge in [0.05, 0.1) is 18.6 Å². The van der Waals surface area contributed by atoms with Gasteiger partial charge in [-0.15, -0.1) is 0 Å². The van der Waals surface area contributed by atoms with Gasteiger partial charge in [0.25, 0.3) is 0 Å². The highest BCUT2D eigenvalue weighted by Crippen LogP contribution is 2.44. The number of morpholine rings is 1. The molecule has 1 fully saturated rings. The molecule has 1 heterocycles. The summed E-state index contributed by atoms with van der Waals surface area (Å²) in [4.78, 5) is 38.7. The Morgan fingerprint density at radius 1 is 1.12 bits per heavy atom. The second-order valence-electron chi connectivity index (χ2n) is 9.02. The number of fused-ring (bicyclic) bond motifs is 3. The third kappa shape index (κ3) is 4.50. The van der Waals surface area contributed by atoms with Crippen molar-refractivity contribution in [3.63, 3.8) is 0 Å². The molecule has 0 bridgehead atoms. The number of aliphatic carboxylic acids is 1. The van der Waals surface area contributed by atoms with E-state index in [1.807, 2.05) is 31.2 Å². The fourth-order valence-corrected chi connectivity index (χ4v) is 4.67. The summed E-state index contributed by atoms with van der Waals surface area (Å²) in [6, 6.07) is 15.2. The Morgan fingerprint density at radius 3 is 2.32 bits per heavy atom. The highest BCUT2D eigenvalue weighted by atomic mass is 16.5. The molecule has 2 aromatic carbocycles. The number of carbonyl (C=O) groups is 3. The summed E-state index contributed by atoms with van der Waals surface area (Å²) < 4.78 is 10.8. The molecule has 1 aliphatic heterocycles. The van der Waals surface area contributed by atoms with E-state index in [-0.39, 0.29) is 44.7 Å². The predicted molar refractivity (Wildman–Crippen MR) is 125 cm³/mol. The number of carbonyl (C=O) groups excluding carboxylic acids is 2. The summed E-state index contributed by atoms with van der Waals surface area (Å²) in [5.41, 5.74) is 3.58. The van der Waals surface area contributed by atoms with E-state index in [0.29, 0.717) is 6.42 Å². The fraction of sp³-hybridized carbons (Fsp3) is 0.423. The Morgan fingerprint density at radius 2 is 1.74 bits per heavy atom. The molecule has 8 heteroatoms. The Hall–Kier alpha value is -3.39. The van der Waals surface area contributed by atoms with Crippen molar-refractivity contribution in [3.8, 4) is 11.1 Å². The average Bonchev–Trinajstić information content (AvgIpc) is 3.19. The van der Waals surface area contributed by atoms with Crippen molar-refractivity contribution in [1.29, 1.82) is 0 Å². The SMILES string of the molecule is CCC(C)(CNC(=O)OCC1c2ccccc2-c2ccccc21)C(=O)N1CCOCC1C(=O)O. The molecule has 2 atom stereocenters. The lowest BCUT2D eigenvalue weighted by Crippen LogP contribution is -2.58. The lowest BCUT2D eigenvalue weighted by molar-refractivity contribution is -0.163. The zero-order valence-electron chi connectivity index (χ0n) is 19.5. The number of hydrogen-bond acceptors (Lipinski definition) is 5. The van der Waals surface area contributed by atoms with Gasteiger partial charge in [0, 0.05) is 19.0 Å². The number of rotatable bonds is 7. The number of nitrogens with zero attached hydrogens (tertiary/aromatic N) is 1. The van der Waals surface area contributed by atoms with E-state index in [2.05, 4.69) is 29.6 Å². The van der Waals surface area contributed by atoms with Gasteiger partial charge in [-0.1, -0.05) is 55.5 Å². The summed E-state index contributed by atoms with van der Waals surface area (Å²) in [6.45, 7) is 4.25. The molecule has 1 aliphatic carbocycles. The molecule has 1 saturated heterocycles. The number of ether oxygens (including phenoxy) is 2. The largest absolute Gasteiger partial charge is 0.480 e. The lowest BCUT2D eigenvalue weighted by atomic mass is 9.85. The van der Waals surface area contributed by atoms with E-state index in [1.54, 1.807) is 6.92 Å². The van der Waals surface area contributed by atoms with Crippen LogP contribution < -0.4 is 5.32 Å². The van der Waals surface area contributed by atoms with Crippen LogP contribution in [0.1, 0.15) is 37.3 Å². The topological polar surface area (TPSA) is 105 Å². The van der Waals surface area contributed by atoms with Crippen molar-refractivity contribution in [3.05, 3.63) is 59.7 Å². The Balaban J connectivity index is 1.39. The maximum Gasteiger partial charge on any atom is 0.407 e. The van der Waals surface area contributed by atoms with Crippen LogP contribution >= 0.6 is 0 Å². The molecule has 8 nitrogen and oxygen atoms in total. The fourth-order valence-electron chi connectivity index (χ4n) is 4.67. The van der Waals surface area contributed by atoms with Gasteiger partial charge in [-0.05, 0) is 35.6 Å². The minimum atomic E-state index is -1.10. The van der Waals surface area contributed by atoms with Crippen molar-refractivity contribution < 1.29 is 29.0 Å². The first-order valence-electron chi connectivity index (χ1n) is 11.6. The first-order valence-corrected chi connectivity index (χ1v) is 11.6. The van der Waals surface area contributed by atoms with Crippen LogP contribution in [-0.2, 0) is 19.1 Å². The molecule has 0 saturated carbocycles. The second kappa shape index (κ2) is 9.85. The molecule has 2 N–H and O–H groups in total. The quantitative estimate of drug-likeness (QED) is 0.649. The smallest absolute Gasteiger partial charge is 0.407 e. The van der Waals surface area contributed by atoms with Crippen LogP contribution in [0.5, 0.6) is 0 Å². The Bertz CT molecular complexity index is 1040. The molecule has 0 spiro atoms.